The SMILES string of the molecule is CNc1nc(Sc2ccc(F)cc2)c(Cl)cc1Cl. The van der Waals surface area contributed by atoms with Crippen molar-refractivity contribution in [2.24, 2.45) is 0 Å². The third-order valence-electron chi connectivity index (χ3n) is 2.16. The molecule has 2 rings (SSSR count). The van der Waals surface area contributed by atoms with Gasteiger partial charge in [-0.25, -0.2) is 9.37 Å². The second-order valence-corrected chi connectivity index (χ2v) is 5.29. The second kappa shape index (κ2) is 5.78. The van der Waals surface area contributed by atoms with Gasteiger partial charge in [0.15, 0.2) is 0 Å². The molecule has 0 saturated carbocycles. The smallest absolute Gasteiger partial charge is 0.146 e. The molecular weight excluding hydrogens is 294 g/mol. The van der Waals surface area contributed by atoms with Crippen molar-refractivity contribution in [3.63, 3.8) is 0 Å². The van der Waals surface area contributed by atoms with E-state index >= 15 is 0 Å². The molecule has 1 heterocycles. The maximum Gasteiger partial charge on any atom is 0.146 e. The molecule has 94 valence electrons. The van der Waals surface area contributed by atoms with E-state index in [1.54, 1.807) is 25.2 Å². The fourth-order valence-corrected chi connectivity index (χ4v) is 2.67. The quantitative estimate of drug-likeness (QED) is 0.888. The molecule has 1 N–H and O–H groups in total. The van der Waals surface area contributed by atoms with Crippen LogP contribution >= 0.6 is 35.0 Å². The van der Waals surface area contributed by atoms with E-state index in [0.29, 0.717) is 20.9 Å². The number of nitrogens with one attached hydrogen (secondary N) is 1. The molecule has 0 aliphatic heterocycles. The molecule has 0 aliphatic rings. The van der Waals surface area contributed by atoms with Crippen LogP contribution in [0.15, 0.2) is 40.3 Å². The van der Waals surface area contributed by atoms with Crippen LogP contribution < -0.4 is 5.32 Å². The van der Waals surface area contributed by atoms with Gasteiger partial charge in [0.2, 0.25) is 0 Å². The minimum absolute atomic E-state index is 0.273. The largest absolute Gasteiger partial charge is 0.372 e. The number of nitrogens with zero attached hydrogens (tertiary/aromatic N) is 1. The van der Waals surface area contributed by atoms with Crippen LogP contribution in [0, 0.1) is 5.82 Å². The molecule has 18 heavy (non-hydrogen) atoms. The van der Waals surface area contributed by atoms with Crippen molar-refractivity contribution in [3.05, 3.63) is 46.2 Å². The van der Waals surface area contributed by atoms with Gasteiger partial charge in [-0.2, -0.15) is 0 Å². The van der Waals surface area contributed by atoms with Gasteiger partial charge in [0, 0.05) is 11.9 Å². The molecule has 0 aliphatic carbocycles. The van der Waals surface area contributed by atoms with E-state index in [0.717, 1.165) is 4.90 Å². The lowest BCUT2D eigenvalue weighted by atomic mass is 10.4. The summed E-state index contributed by atoms with van der Waals surface area (Å²) in [7, 11) is 1.73. The lowest BCUT2D eigenvalue weighted by molar-refractivity contribution is 0.626. The van der Waals surface area contributed by atoms with Gasteiger partial charge in [0.05, 0.1) is 10.0 Å². The van der Waals surface area contributed by atoms with Gasteiger partial charge in [-0.3, -0.25) is 0 Å². The van der Waals surface area contributed by atoms with Gasteiger partial charge < -0.3 is 5.32 Å². The van der Waals surface area contributed by atoms with Crippen LogP contribution in [0.2, 0.25) is 10.0 Å². The molecule has 0 radical (unpaired) electrons. The zero-order valence-electron chi connectivity index (χ0n) is 9.38. The van der Waals surface area contributed by atoms with Gasteiger partial charge in [0.1, 0.15) is 16.7 Å². The van der Waals surface area contributed by atoms with E-state index in [1.807, 2.05) is 0 Å². The molecule has 0 atom stereocenters. The highest BCUT2D eigenvalue weighted by Gasteiger charge is 2.09. The van der Waals surface area contributed by atoms with Crippen molar-refractivity contribution in [1.82, 2.24) is 4.98 Å². The number of rotatable bonds is 3. The summed E-state index contributed by atoms with van der Waals surface area (Å²) in [4.78, 5) is 5.16. The van der Waals surface area contributed by atoms with Crippen LogP contribution in [0.3, 0.4) is 0 Å². The first-order valence-electron chi connectivity index (χ1n) is 5.07. The zero-order valence-corrected chi connectivity index (χ0v) is 11.7. The Kier molecular flexibility index (Phi) is 4.32. The molecule has 0 bridgehead atoms. The van der Waals surface area contributed by atoms with Gasteiger partial charge in [-0.1, -0.05) is 35.0 Å². The molecule has 0 unspecified atom stereocenters. The summed E-state index contributed by atoms with van der Waals surface area (Å²) in [5, 5.41) is 4.43. The minimum atomic E-state index is -0.273. The average Bonchev–Trinajstić information content (AvgIpc) is 2.35. The molecule has 1 aromatic carbocycles. The Hall–Kier alpha value is -0.970. The summed E-state index contributed by atoms with van der Waals surface area (Å²) in [5.41, 5.74) is 0. The molecule has 2 aromatic rings. The lowest BCUT2D eigenvalue weighted by Gasteiger charge is -2.08. The molecule has 0 amide bonds. The number of hydrogen-bond acceptors (Lipinski definition) is 3. The predicted octanol–water partition coefficient (Wildman–Crippen LogP) is 4.72. The van der Waals surface area contributed by atoms with Gasteiger partial charge in [0.25, 0.3) is 0 Å². The van der Waals surface area contributed by atoms with Gasteiger partial charge in [-0.15, -0.1) is 0 Å². The molecule has 0 spiro atoms. The molecule has 0 fully saturated rings. The zero-order chi connectivity index (χ0) is 13.1. The Labute approximate surface area is 119 Å². The highest BCUT2D eigenvalue weighted by molar-refractivity contribution is 7.99. The fourth-order valence-electron chi connectivity index (χ4n) is 1.31. The highest BCUT2D eigenvalue weighted by atomic mass is 35.5. The van der Waals surface area contributed by atoms with E-state index in [1.165, 1.54) is 23.9 Å². The molecular formula is C12H9Cl2FN2S. The first-order chi connectivity index (χ1) is 8.60. The Bertz CT molecular complexity index is 561. The van der Waals surface area contributed by atoms with Crippen molar-refractivity contribution < 1.29 is 4.39 Å². The lowest BCUT2D eigenvalue weighted by Crippen LogP contribution is -1.95. The minimum Gasteiger partial charge on any atom is -0.372 e. The molecule has 2 nitrogen and oxygen atoms in total. The van der Waals surface area contributed by atoms with Crippen LogP contribution in [0.4, 0.5) is 10.2 Å². The van der Waals surface area contributed by atoms with E-state index in [4.69, 9.17) is 23.2 Å². The van der Waals surface area contributed by atoms with E-state index in [-0.39, 0.29) is 5.82 Å². The standard InChI is InChI=1S/C12H9Cl2FN2S/c1-16-11-9(13)6-10(14)12(17-11)18-8-4-2-7(15)3-5-8/h2-6H,1H3,(H,16,17). The Morgan fingerprint density at radius 2 is 1.83 bits per heavy atom. The number of benzene rings is 1. The van der Waals surface area contributed by atoms with E-state index in [9.17, 15) is 4.39 Å². The summed E-state index contributed by atoms with van der Waals surface area (Å²) >= 11 is 13.4. The maximum absolute atomic E-state index is 12.8. The van der Waals surface area contributed by atoms with E-state index in [2.05, 4.69) is 10.3 Å². The fraction of sp³-hybridized carbons (Fsp3) is 0.0833. The second-order valence-electron chi connectivity index (χ2n) is 3.41. The van der Waals surface area contributed by atoms with Crippen molar-refractivity contribution >= 4 is 40.8 Å². The first-order valence-corrected chi connectivity index (χ1v) is 6.64. The van der Waals surface area contributed by atoms with Gasteiger partial charge in [-0.05, 0) is 30.3 Å². The van der Waals surface area contributed by atoms with Crippen molar-refractivity contribution in [1.29, 1.82) is 0 Å². The van der Waals surface area contributed by atoms with Crippen LogP contribution in [0.5, 0.6) is 0 Å². The number of pyridine rings is 1. The van der Waals surface area contributed by atoms with E-state index < -0.39 is 0 Å². The van der Waals surface area contributed by atoms with Crippen molar-refractivity contribution in [2.45, 2.75) is 9.92 Å². The third kappa shape index (κ3) is 3.07. The third-order valence-corrected chi connectivity index (χ3v) is 3.86. The van der Waals surface area contributed by atoms with Gasteiger partial charge >= 0.3 is 0 Å². The van der Waals surface area contributed by atoms with Crippen LogP contribution in [-0.4, -0.2) is 12.0 Å². The number of halogens is 3. The van der Waals surface area contributed by atoms with Crippen LogP contribution in [0.25, 0.3) is 0 Å². The normalized spacial score (nSPS) is 10.4. The number of hydrogen-bond donors (Lipinski definition) is 1. The average molecular weight is 303 g/mol. The van der Waals surface area contributed by atoms with Crippen molar-refractivity contribution in [3.8, 4) is 0 Å². The topological polar surface area (TPSA) is 24.9 Å². The number of aromatic nitrogens is 1. The summed E-state index contributed by atoms with van der Waals surface area (Å²) in [6.45, 7) is 0. The molecule has 0 saturated heterocycles. The summed E-state index contributed by atoms with van der Waals surface area (Å²) in [6, 6.07) is 7.77. The predicted molar refractivity (Wildman–Crippen MR) is 74.3 cm³/mol. The Morgan fingerprint density at radius 3 is 2.44 bits per heavy atom. The Balaban J connectivity index is 2.31. The monoisotopic (exact) mass is 302 g/mol. The molecule has 1 aromatic heterocycles. The number of anilines is 1. The van der Waals surface area contributed by atoms with Crippen LogP contribution in [0.1, 0.15) is 0 Å². The highest BCUT2D eigenvalue weighted by Crippen LogP contribution is 2.35. The summed E-state index contributed by atoms with van der Waals surface area (Å²) < 4.78 is 12.8. The molecule has 6 heteroatoms. The Morgan fingerprint density at radius 1 is 1.17 bits per heavy atom. The van der Waals surface area contributed by atoms with Crippen molar-refractivity contribution in [2.75, 3.05) is 12.4 Å². The maximum atomic E-state index is 12.8. The van der Waals surface area contributed by atoms with Crippen LogP contribution in [-0.2, 0) is 0 Å². The first kappa shape index (κ1) is 13.5. The summed E-state index contributed by atoms with van der Waals surface area (Å²) in [5.74, 6) is 0.288. The summed E-state index contributed by atoms with van der Waals surface area (Å²) in [6.07, 6.45) is 0.